The minimum atomic E-state index is -3.98. The van der Waals surface area contributed by atoms with Crippen LogP contribution in [0.25, 0.3) is 0 Å². The van der Waals surface area contributed by atoms with Gasteiger partial charge in [-0.15, -0.1) is 0 Å². The van der Waals surface area contributed by atoms with Crippen molar-refractivity contribution in [3.05, 3.63) is 60.2 Å². The fourth-order valence-electron chi connectivity index (χ4n) is 3.22. The number of ether oxygens (including phenoxy) is 1. The van der Waals surface area contributed by atoms with Crippen molar-refractivity contribution in [3.63, 3.8) is 0 Å². The normalized spacial score (nSPS) is 25.0. The van der Waals surface area contributed by atoms with Gasteiger partial charge in [-0.2, -0.15) is 5.26 Å². The maximum absolute atomic E-state index is 12.9. The summed E-state index contributed by atoms with van der Waals surface area (Å²) in [6, 6.07) is 15.8. The minimum absolute atomic E-state index is 0.0110. The number of nitrogens with zero attached hydrogens (tertiary/aromatic N) is 1. The Morgan fingerprint density at radius 1 is 1.16 bits per heavy atom. The number of carboxylic acids is 1. The van der Waals surface area contributed by atoms with Crippen LogP contribution in [0.4, 0.5) is 0 Å². The Morgan fingerprint density at radius 3 is 2.24 bits per heavy atom. The van der Waals surface area contributed by atoms with Gasteiger partial charge in [-0.3, -0.25) is 4.79 Å². The second-order valence-corrected chi connectivity index (χ2v) is 7.88. The molecule has 7 heteroatoms. The minimum Gasteiger partial charge on any atom is -0.497 e. The number of carbonyl (C=O) groups is 1. The third-order valence-corrected chi connectivity index (χ3v) is 6.79. The van der Waals surface area contributed by atoms with Gasteiger partial charge in [0.05, 0.1) is 18.1 Å². The van der Waals surface area contributed by atoms with E-state index < -0.39 is 32.4 Å². The summed E-state index contributed by atoms with van der Waals surface area (Å²) < 4.78 is 30.9. The van der Waals surface area contributed by atoms with Crippen molar-refractivity contribution in [2.45, 2.75) is 16.1 Å². The number of carboxylic acid groups (broad SMARTS) is 1. The third-order valence-electron chi connectivity index (χ3n) is 4.55. The second-order valence-electron chi connectivity index (χ2n) is 5.82. The summed E-state index contributed by atoms with van der Waals surface area (Å²) in [5.74, 6) is -1.81. The Labute approximate surface area is 145 Å². The van der Waals surface area contributed by atoms with Crippen molar-refractivity contribution in [2.24, 2.45) is 5.41 Å². The lowest BCUT2D eigenvalue weighted by molar-refractivity contribution is -0.141. The second kappa shape index (κ2) is 5.90. The molecule has 3 rings (SSSR count). The van der Waals surface area contributed by atoms with Crippen LogP contribution in [0.3, 0.4) is 0 Å². The van der Waals surface area contributed by atoms with Crippen LogP contribution in [-0.4, -0.2) is 31.9 Å². The molecule has 3 atom stereocenters. The van der Waals surface area contributed by atoms with Gasteiger partial charge in [0.25, 0.3) is 0 Å². The Bertz CT molecular complexity index is 947. The quantitative estimate of drug-likeness (QED) is 0.880. The van der Waals surface area contributed by atoms with Crippen LogP contribution in [0.1, 0.15) is 11.5 Å². The molecule has 2 aromatic rings. The summed E-state index contributed by atoms with van der Waals surface area (Å²) >= 11 is 0. The molecule has 1 fully saturated rings. The first kappa shape index (κ1) is 17.0. The third kappa shape index (κ3) is 2.46. The van der Waals surface area contributed by atoms with Crippen LogP contribution < -0.4 is 4.74 Å². The average molecular weight is 357 g/mol. The lowest BCUT2D eigenvalue weighted by atomic mass is 10.0. The highest BCUT2D eigenvalue weighted by atomic mass is 32.2. The molecule has 0 aliphatic heterocycles. The molecular formula is C18H15NO5S. The zero-order valence-electron chi connectivity index (χ0n) is 13.3. The molecule has 0 aromatic heterocycles. The van der Waals surface area contributed by atoms with Crippen molar-refractivity contribution in [3.8, 4) is 11.8 Å². The molecule has 0 radical (unpaired) electrons. The Morgan fingerprint density at radius 2 is 1.76 bits per heavy atom. The molecule has 0 unspecified atom stereocenters. The molecule has 1 aliphatic carbocycles. The first-order chi connectivity index (χ1) is 11.9. The standard InChI is InChI=1S/C18H15NO5S/c1-24-13-9-7-12(8-10-13)15-16(18(15,11-19)17(20)21)25(22,23)14-5-3-2-4-6-14/h2-10,15-16H,1H3,(H,20,21)/t15-,16+,18-/m0/s1. The molecule has 128 valence electrons. The van der Waals surface area contributed by atoms with Crippen molar-refractivity contribution in [1.29, 1.82) is 5.26 Å². The van der Waals surface area contributed by atoms with Crippen LogP contribution in [0, 0.1) is 16.7 Å². The molecule has 6 nitrogen and oxygen atoms in total. The van der Waals surface area contributed by atoms with Crippen LogP contribution in [0.5, 0.6) is 5.75 Å². The van der Waals surface area contributed by atoms with Crippen LogP contribution in [0.2, 0.25) is 0 Å². The largest absolute Gasteiger partial charge is 0.497 e. The SMILES string of the molecule is COc1ccc([C@H]2[C@@H](S(=O)(=O)c3ccccc3)[C@@]2(C#N)C(=O)O)cc1. The van der Waals surface area contributed by atoms with Gasteiger partial charge in [-0.25, -0.2) is 8.42 Å². The fraction of sp³-hybridized carbons (Fsp3) is 0.222. The summed E-state index contributed by atoms with van der Waals surface area (Å²) in [4.78, 5) is 11.8. The van der Waals surface area contributed by atoms with Crippen LogP contribution in [-0.2, 0) is 14.6 Å². The maximum atomic E-state index is 12.9. The number of methoxy groups -OCH3 is 1. The van der Waals surface area contributed by atoms with Crippen LogP contribution in [0.15, 0.2) is 59.5 Å². The highest BCUT2D eigenvalue weighted by Crippen LogP contribution is 2.64. The van der Waals surface area contributed by atoms with Crippen molar-refractivity contribution < 1.29 is 23.1 Å². The van der Waals surface area contributed by atoms with E-state index in [0.717, 1.165) is 0 Å². The molecule has 1 aliphatic rings. The number of hydrogen-bond acceptors (Lipinski definition) is 5. The van der Waals surface area contributed by atoms with E-state index >= 15 is 0 Å². The number of aliphatic carboxylic acids is 1. The number of hydrogen-bond donors (Lipinski definition) is 1. The molecule has 0 spiro atoms. The monoisotopic (exact) mass is 357 g/mol. The summed E-state index contributed by atoms with van der Waals surface area (Å²) in [6.07, 6.45) is 0. The topological polar surface area (TPSA) is 104 Å². The van der Waals surface area contributed by atoms with E-state index in [4.69, 9.17) is 4.74 Å². The molecule has 25 heavy (non-hydrogen) atoms. The smallest absolute Gasteiger partial charge is 0.326 e. The van der Waals surface area contributed by atoms with Crippen LogP contribution >= 0.6 is 0 Å². The Kier molecular flexibility index (Phi) is 4.01. The molecule has 1 N–H and O–H groups in total. The van der Waals surface area contributed by atoms with Gasteiger partial charge in [-0.1, -0.05) is 30.3 Å². The van der Waals surface area contributed by atoms with Gasteiger partial charge in [0.1, 0.15) is 11.0 Å². The lowest BCUT2D eigenvalue weighted by Gasteiger charge is -2.04. The number of nitriles is 1. The van der Waals surface area contributed by atoms with E-state index in [1.54, 1.807) is 48.5 Å². The summed E-state index contributed by atoms with van der Waals surface area (Å²) in [6.45, 7) is 0. The zero-order valence-corrected chi connectivity index (χ0v) is 14.1. The summed E-state index contributed by atoms with van der Waals surface area (Å²) in [7, 11) is -2.49. The highest BCUT2D eigenvalue weighted by Gasteiger charge is 2.77. The van der Waals surface area contributed by atoms with Gasteiger partial charge < -0.3 is 9.84 Å². The van der Waals surface area contributed by atoms with E-state index in [1.807, 2.05) is 0 Å². The molecule has 0 heterocycles. The van der Waals surface area contributed by atoms with E-state index in [0.29, 0.717) is 11.3 Å². The molecule has 0 amide bonds. The number of benzene rings is 2. The van der Waals surface area contributed by atoms with Gasteiger partial charge in [0.2, 0.25) is 0 Å². The molecule has 1 saturated carbocycles. The average Bonchev–Trinajstić information content (AvgIpc) is 3.34. The Hall–Kier alpha value is -2.85. The van der Waals surface area contributed by atoms with Crippen molar-refractivity contribution in [2.75, 3.05) is 7.11 Å². The van der Waals surface area contributed by atoms with Gasteiger partial charge in [-0.05, 0) is 29.8 Å². The lowest BCUT2D eigenvalue weighted by Crippen LogP contribution is -2.22. The first-order valence-corrected chi connectivity index (χ1v) is 9.01. The molecular weight excluding hydrogens is 342 g/mol. The van der Waals surface area contributed by atoms with E-state index in [1.165, 1.54) is 19.2 Å². The van der Waals surface area contributed by atoms with E-state index in [9.17, 15) is 23.6 Å². The van der Waals surface area contributed by atoms with Gasteiger partial charge >= 0.3 is 5.97 Å². The highest BCUT2D eigenvalue weighted by molar-refractivity contribution is 7.92. The first-order valence-electron chi connectivity index (χ1n) is 7.47. The van der Waals surface area contributed by atoms with E-state index in [-0.39, 0.29) is 4.90 Å². The predicted octanol–water partition coefficient (Wildman–Crippen LogP) is 2.23. The maximum Gasteiger partial charge on any atom is 0.326 e. The van der Waals surface area contributed by atoms with Crippen molar-refractivity contribution >= 4 is 15.8 Å². The summed E-state index contributed by atoms with van der Waals surface area (Å²) in [5, 5.41) is 17.8. The number of rotatable bonds is 5. The predicted molar refractivity (Wildman–Crippen MR) is 88.8 cm³/mol. The molecule has 2 aromatic carbocycles. The number of sulfone groups is 1. The van der Waals surface area contributed by atoms with Crippen molar-refractivity contribution in [1.82, 2.24) is 0 Å². The Balaban J connectivity index is 2.10. The molecule has 0 saturated heterocycles. The van der Waals surface area contributed by atoms with E-state index in [2.05, 4.69) is 0 Å². The van der Waals surface area contributed by atoms with Gasteiger partial charge in [0, 0.05) is 5.92 Å². The van der Waals surface area contributed by atoms with Gasteiger partial charge in [0.15, 0.2) is 15.3 Å². The fourth-order valence-corrected chi connectivity index (χ4v) is 5.49. The summed E-state index contributed by atoms with van der Waals surface area (Å²) in [5.41, 5.74) is -1.52. The zero-order chi connectivity index (χ0) is 18.2. The molecule has 0 bridgehead atoms.